The topological polar surface area (TPSA) is 96.7 Å². The van der Waals surface area contributed by atoms with Crippen LogP contribution in [-0.4, -0.2) is 21.9 Å². The van der Waals surface area contributed by atoms with Crippen molar-refractivity contribution in [1.29, 1.82) is 4.78 Å². The lowest BCUT2D eigenvalue weighted by Gasteiger charge is -2.34. The normalized spacial score (nSPS) is 19.3. The van der Waals surface area contributed by atoms with E-state index in [9.17, 15) is 14.5 Å². The third-order valence-electron chi connectivity index (χ3n) is 7.16. The Morgan fingerprint density at radius 3 is 1.97 bits per heavy atom. The van der Waals surface area contributed by atoms with Gasteiger partial charge in [0.2, 0.25) is 0 Å². The SMILES string of the molecule is CC1(C)c2ccc(C(O)CNC(c3ccccc3)[C@@H](c3ccccc3)[S-](=N)=O)cc2C(C)(C)N1O. The fourth-order valence-electron chi connectivity index (χ4n) is 5.23. The van der Waals surface area contributed by atoms with Crippen LogP contribution in [0.4, 0.5) is 0 Å². The van der Waals surface area contributed by atoms with Crippen LogP contribution in [0.5, 0.6) is 0 Å². The van der Waals surface area contributed by atoms with Gasteiger partial charge in [-0.05, 0) is 55.2 Å². The zero-order chi connectivity index (χ0) is 25.4. The second-order valence-electron chi connectivity index (χ2n) is 10.2. The molecule has 0 spiro atoms. The van der Waals surface area contributed by atoms with Crippen molar-refractivity contribution in [3.8, 4) is 0 Å². The standard InChI is InChI=1S/C28H34N3O3S/c1-27(2)22-16-15-21(17-23(22)28(3,4)31(27)33)24(32)18-30-25(19-11-7-5-8-12-19)26(35(29)34)20-13-9-6-10-14-20/h5-17,24-26,29-30,32-33H,18H2,1-4H3/q-1/t24?,25?,26-/m1/s1. The summed E-state index contributed by atoms with van der Waals surface area (Å²) in [5, 5.41) is 26.1. The van der Waals surface area contributed by atoms with Crippen molar-refractivity contribution in [3.63, 3.8) is 0 Å². The molecule has 0 saturated carbocycles. The maximum absolute atomic E-state index is 12.6. The molecular weight excluding hydrogens is 458 g/mol. The van der Waals surface area contributed by atoms with E-state index in [0.717, 1.165) is 27.8 Å². The van der Waals surface area contributed by atoms with Gasteiger partial charge in [-0.15, -0.1) is 0 Å². The Bertz CT molecular complexity index is 1230. The summed E-state index contributed by atoms with van der Waals surface area (Å²) < 4.78 is 20.7. The van der Waals surface area contributed by atoms with Crippen LogP contribution < -0.4 is 5.32 Å². The molecule has 0 radical (unpaired) electrons. The fourth-order valence-corrected chi connectivity index (χ4v) is 6.14. The number of fused-ring (bicyclic) bond motifs is 1. The van der Waals surface area contributed by atoms with Gasteiger partial charge in [-0.3, -0.25) is 0 Å². The lowest BCUT2D eigenvalue weighted by molar-refractivity contribution is -0.216. The van der Waals surface area contributed by atoms with E-state index >= 15 is 0 Å². The highest BCUT2D eigenvalue weighted by molar-refractivity contribution is 7.73. The molecule has 186 valence electrons. The number of hydrogen-bond donors (Lipinski definition) is 4. The highest BCUT2D eigenvalue weighted by Crippen LogP contribution is 2.48. The minimum Gasteiger partial charge on any atom is -0.444 e. The third kappa shape index (κ3) is 4.79. The summed E-state index contributed by atoms with van der Waals surface area (Å²) in [5.74, 6) is 0. The van der Waals surface area contributed by atoms with Gasteiger partial charge in [-0.2, -0.15) is 15.7 Å². The van der Waals surface area contributed by atoms with Crippen LogP contribution in [0.3, 0.4) is 0 Å². The number of aliphatic hydroxyl groups is 1. The van der Waals surface area contributed by atoms with Crippen molar-refractivity contribution in [2.24, 2.45) is 0 Å². The van der Waals surface area contributed by atoms with Gasteiger partial charge in [-0.1, -0.05) is 84.4 Å². The van der Waals surface area contributed by atoms with E-state index in [0.29, 0.717) is 0 Å². The molecule has 1 aliphatic rings. The molecule has 35 heavy (non-hydrogen) atoms. The molecule has 4 N–H and O–H groups in total. The number of nitrogens with zero attached hydrogens (tertiary/aromatic N) is 1. The zero-order valence-corrected chi connectivity index (χ0v) is 21.4. The van der Waals surface area contributed by atoms with Crippen LogP contribution in [0.1, 0.15) is 72.9 Å². The molecule has 0 aromatic heterocycles. The van der Waals surface area contributed by atoms with E-state index in [2.05, 4.69) is 5.32 Å². The summed E-state index contributed by atoms with van der Waals surface area (Å²) in [7, 11) is -1.89. The third-order valence-corrected chi connectivity index (χ3v) is 8.16. The van der Waals surface area contributed by atoms with E-state index in [-0.39, 0.29) is 6.54 Å². The van der Waals surface area contributed by atoms with Crippen molar-refractivity contribution >= 4 is 10.6 Å². The molecule has 4 rings (SSSR count). The Morgan fingerprint density at radius 1 is 0.857 bits per heavy atom. The van der Waals surface area contributed by atoms with E-state index in [1.165, 1.54) is 5.06 Å². The maximum Gasteiger partial charge on any atom is 0.0914 e. The molecule has 7 heteroatoms. The molecule has 1 heterocycles. The predicted molar refractivity (Wildman–Crippen MR) is 138 cm³/mol. The molecule has 2 unspecified atom stereocenters. The molecule has 6 nitrogen and oxygen atoms in total. The highest BCUT2D eigenvalue weighted by atomic mass is 32.2. The molecule has 0 saturated heterocycles. The minimum atomic E-state index is -1.89. The lowest BCUT2D eigenvalue weighted by Crippen LogP contribution is -2.42. The van der Waals surface area contributed by atoms with Gasteiger partial charge >= 0.3 is 0 Å². The Hall–Kier alpha value is -2.55. The van der Waals surface area contributed by atoms with E-state index < -0.39 is 39.1 Å². The Labute approximate surface area is 209 Å². The molecule has 3 atom stereocenters. The average Bonchev–Trinajstić information content (AvgIpc) is 2.99. The molecule has 0 fully saturated rings. The van der Waals surface area contributed by atoms with E-state index in [1.54, 1.807) is 0 Å². The van der Waals surface area contributed by atoms with Gasteiger partial charge in [0.1, 0.15) is 0 Å². The summed E-state index contributed by atoms with van der Waals surface area (Å²) in [6, 6.07) is 24.5. The maximum atomic E-state index is 12.6. The number of hydroxylamine groups is 2. The van der Waals surface area contributed by atoms with Gasteiger partial charge < -0.3 is 24.6 Å². The molecule has 0 bridgehead atoms. The number of rotatable bonds is 8. The summed E-state index contributed by atoms with van der Waals surface area (Å²) in [6.07, 6.45) is -0.825. The number of benzene rings is 3. The zero-order valence-electron chi connectivity index (χ0n) is 20.6. The van der Waals surface area contributed by atoms with Crippen molar-refractivity contribution in [2.75, 3.05) is 6.54 Å². The monoisotopic (exact) mass is 492 g/mol. The smallest absolute Gasteiger partial charge is 0.0914 e. The first-order chi connectivity index (χ1) is 16.5. The first-order valence-corrected chi connectivity index (χ1v) is 13.0. The quantitative estimate of drug-likeness (QED) is 0.303. The van der Waals surface area contributed by atoms with Gasteiger partial charge in [0.15, 0.2) is 0 Å². The van der Waals surface area contributed by atoms with E-state index in [4.69, 9.17) is 4.78 Å². The van der Waals surface area contributed by atoms with Crippen molar-refractivity contribution in [1.82, 2.24) is 10.4 Å². The van der Waals surface area contributed by atoms with E-state index in [1.807, 2.05) is 107 Å². The number of nitrogens with one attached hydrogen (secondary N) is 2. The fraction of sp³-hybridized carbons (Fsp3) is 0.357. The predicted octanol–water partition coefficient (Wildman–Crippen LogP) is 5.69. The van der Waals surface area contributed by atoms with Gasteiger partial charge in [-0.25, -0.2) is 0 Å². The molecule has 3 aromatic carbocycles. The summed E-state index contributed by atoms with van der Waals surface area (Å²) >= 11 is 0. The molecule has 0 aliphatic carbocycles. The molecule has 0 amide bonds. The van der Waals surface area contributed by atoms with Crippen LogP contribution in [0.2, 0.25) is 0 Å². The number of aliphatic hydroxyl groups excluding tert-OH is 1. The Balaban J connectivity index is 1.63. The molecular formula is C28H34N3O3S-. The summed E-state index contributed by atoms with van der Waals surface area (Å²) in [4.78, 5) is 0. The summed E-state index contributed by atoms with van der Waals surface area (Å²) in [6.45, 7) is 8.11. The van der Waals surface area contributed by atoms with Crippen LogP contribution in [-0.2, 0) is 25.9 Å². The Morgan fingerprint density at radius 2 is 1.40 bits per heavy atom. The number of hydrogen-bond acceptors (Lipinski definition) is 7. The second-order valence-corrected chi connectivity index (χ2v) is 11.3. The van der Waals surface area contributed by atoms with Crippen LogP contribution in [0, 0.1) is 4.78 Å². The minimum absolute atomic E-state index is 0.214. The lowest BCUT2D eigenvalue weighted by atomic mass is 9.88. The van der Waals surface area contributed by atoms with Gasteiger partial charge in [0.05, 0.1) is 17.2 Å². The second kappa shape index (κ2) is 9.84. The molecule has 3 aromatic rings. The first kappa shape index (κ1) is 25.5. The van der Waals surface area contributed by atoms with Gasteiger partial charge in [0, 0.05) is 12.6 Å². The van der Waals surface area contributed by atoms with Crippen molar-refractivity contribution in [2.45, 2.75) is 56.2 Å². The molecule has 1 aliphatic heterocycles. The van der Waals surface area contributed by atoms with Crippen LogP contribution in [0.25, 0.3) is 0 Å². The first-order valence-electron chi connectivity index (χ1n) is 11.8. The van der Waals surface area contributed by atoms with Crippen LogP contribution in [0.15, 0.2) is 78.9 Å². The highest BCUT2D eigenvalue weighted by Gasteiger charge is 2.48. The van der Waals surface area contributed by atoms with Crippen molar-refractivity contribution in [3.05, 3.63) is 107 Å². The summed E-state index contributed by atoms with van der Waals surface area (Å²) in [5.41, 5.74) is 3.35. The van der Waals surface area contributed by atoms with Gasteiger partial charge in [0.25, 0.3) is 0 Å². The van der Waals surface area contributed by atoms with Crippen LogP contribution >= 0.6 is 0 Å². The van der Waals surface area contributed by atoms with Crippen molar-refractivity contribution < 1.29 is 14.5 Å². The average molecular weight is 493 g/mol. The largest absolute Gasteiger partial charge is 0.444 e. The Kier molecular flexibility index (Phi) is 7.18.